The Kier molecular flexibility index (Phi) is 5.52. The average Bonchev–Trinajstić information content (AvgIpc) is 2.41. The van der Waals surface area contributed by atoms with E-state index in [9.17, 15) is 9.00 Å². The first kappa shape index (κ1) is 15.4. The monoisotopic (exact) mass is 370 g/mol. The predicted molar refractivity (Wildman–Crippen MR) is 86.6 cm³/mol. The predicted octanol–water partition coefficient (Wildman–Crippen LogP) is 4.23. The molecule has 0 spiro atoms. The maximum absolute atomic E-state index is 12.0. The first-order valence-corrected chi connectivity index (χ1v) is 8.58. The Balaban J connectivity index is 1.97. The molecule has 0 radical (unpaired) electrons. The van der Waals surface area contributed by atoms with Crippen LogP contribution in [0, 0.1) is 0 Å². The lowest BCUT2D eigenvalue weighted by molar-refractivity contribution is 0.102. The summed E-state index contributed by atoms with van der Waals surface area (Å²) in [6.07, 6.45) is 0. The Morgan fingerprint density at radius 3 is 2.50 bits per heavy atom. The number of hydrogen-bond donors (Lipinski definition) is 0. The number of carbonyl (C=O) groups is 1. The lowest BCUT2D eigenvalue weighted by atomic mass is 10.2. The van der Waals surface area contributed by atoms with Gasteiger partial charge in [-0.2, -0.15) is 0 Å². The van der Waals surface area contributed by atoms with Crippen LogP contribution >= 0.6 is 27.5 Å². The minimum Gasteiger partial charge on any atom is -0.293 e. The number of rotatable bonds is 5. The van der Waals surface area contributed by atoms with E-state index in [0.717, 1.165) is 10.0 Å². The van der Waals surface area contributed by atoms with Crippen LogP contribution in [0.25, 0.3) is 0 Å². The van der Waals surface area contributed by atoms with E-state index in [1.165, 1.54) is 0 Å². The molecule has 1 atom stereocenters. The highest BCUT2D eigenvalue weighted by Gasteiger charge is 2.11. The number of benzene rings is 2. The molecule has 0 aliphatic rings. The Bertz CT molecular complexity index is 641. The standard InChI is InChI=1S/C15H12BrClO2S/c16-13-3-1-2-12(8-13)15(18)10-20(19)9-11-4-6-14(17)7-5-11/h1-8H,9-10H2. The molecule has 2 nitrogen and oxygen atoms in total. The second-order valence-corrected chi connectivity index (χ2v) is 7.10. The summed E-state index contributed by atoms with van der Waals surface area (Å²) in [4.78, 5) is 12.0. The first-order valence-electron chi connectivity index (χ1n) is 5.93. The first-order chi connectivity index (χ1) is 9.54. The van der Waals surface area contributed by atoms with E-state index >= 15 is 0 Å². The molecular formula is C15H12BrClO2S. The topological polar surface area (TPSA) is 34.1 Å². The summed E-state index contributed by atoms with van der Waals surface area (Å²) in [6.45, 7) is 0. The Morgan fingerprint density at radius 2 is 1.85 bits per heavy atom. The molecule has 0 saturated heterocycles. The van der Waals surface area contributed by atoms with Crippen LogP contribution in [-0.4, -0.2) is 15.7 Å². The summed E-state index contributed by atoms with van der Waals surface area (Å²) in [7, 11) is -1.22. The quantitative estimate of drug-likeness (QED) is 0.737. The van der Waals surface area contributed by atoms with Gasteiger partial charge in [-0.15, -0.1) is 0 Å². The van der Waals surface area contributed by atoms with E-state index in [0.29, 0.717) is 16.3 Å². The molecule has 0 bridgehead atoms. The summed E-state index contributed by atoms with van der Waals surface area (Å²) >= 11 is 9.11. The largest absolute Gasteiger partial charge is 0.293 e. The number of halogens is 2. The molecule has 0 fully saturated rings. The molecule has 0 saturated carbocycles. The van der Waals surface area contributed by atoms with Crippen molar-refractivity contribution >= 4 is 44.1 Å². The van der Waals surface area contributed by atoms with Crippen molar-refractivity contribution in [3.05, 3.63) is 69.2 Å². The summed E-state index contributed by atoms with van der Waals surface area (Å²) in [6, 6.07) is 14.3. The molecule has 2 aromatic carbocycles. The third kappa shape index (κ3) is 4.54. The van der Waals surface area contributed by atoms with E-state index in [1.807, 2.05) is 18.2 Å². The van der Waals surface area contributed by atoms with Crippen LogP contribution in [0.1, 0.15) is 15.9 Å². The number of Topliss-reactive ketones (excluding diaryl/α,β-unsaturated/α-hetero) is 1. The van der Waals surface area contributed by atoms with Gasteiger partial charge in [0.2, 0.25) is 0 Å². The van der Waals surface area contributed by atoms with Gasteiger partial charge in [0, 0.05) is 31.6 Å². The average molecular weight is 372 g/mol. The molecule has 5 heteroatoms. The van der Waals surface area contributed by atoms with Crippen molar-refractivity contribution in [3.63, 3.8) is 0 Å². The zero-order valence-corrected chi connectivity index (χ0v) is 13.7. The molecule has 104 valence electrons. The molecular weight excluding hydrogens is 360 g/mol. The lowest BCUT2D eigenvalue weighted by Crippen LogP contribution is -2.12. The van der Waals surface area contributed by atoms with Gasteiger partial charge in [0.1, 0.15) is 0 Å². The van der Waals surface area contributed by atoms with Crippen molar-refractivity contribution in [1.29, 1.82) is 0 Å². The Labute approximate surface area is 133 Å². The highest BCUT2D eigenvalue weighted by Crippen LogP contribution is 2.14. The normalized spacial score (nSPS) is 12.1. The zero-order valence-electron chi connectivity index (χ0n) is 10.5. The number of ketones is 1. The smallest absolute Gasteiger partial charge is 0.175 e. The van der Waals surface area contributed by atoms with Gasteiger partial charge in [-0.1, -0.05) is 51.8 Å². The molecule has 20 heavy (non-hydrogen) atoms. The Morgan fingerprint density at radius 1 is 1.15 bits per heavy atom. The number of hydrogen-bond acceptors (Lipinski definition) is 2. The fourth-order valence-electron chi connectivity index (χ4n) is 1.71. The molecule has 0 aliphatic carbocycles. The van der Waals surface area contributed by atoms with Gasteiger partial charge < -0.3 is 0 Å². The molecule has 0 amide bonds. The summed E-state index contributed by atoms with van der Waals surface area (Å²) in [5, 5.41) is 0.643. The van der Waals surface area contributed by atoms with Crippen LogP contribution in [-0.2, 0) is 16.6 Å². The van der Waals surface area contributed by atoms with Gasteiger partial charge in [-0.3, -0.25) is 9.00 Å². The van der Waals surface area contributed by atoms with Gasteiger partial charge in [-0.25, -0.2) is 0 Å². The van der Waals surface area contributed by atoms with Crippen molar-refractivity contribution in [2.75, 3.05) is 5.75 Å². The number of carbonyl (C=O) groups excluding carboxylic acids is 1. The van der Waals surface area contributed by atoms with Crippen LogP contribution in [0.2, 0.25) is 5.02 Å². The minimum atomic E-state index is -1.22. The molecule has 0 aliphatic heterocycles. The fraction of sp³-hybridized carbons (Fsp3) is 0.133. The zero-order chi connectivity index (χ0) is 14.5. The van der Waals surface area contributed by atoms with Gasteiger partial charge in [0.05, 0.1) is 5.75 Å². The fourth-order valence-corrected chi connectivity index (χ4v) is 3.36. The van der Waals surface area contributed by atoms with Gasteiger partial charge in [0.25, 0.3) is 0 Å². The van der Waals surface area contributed by atoms with Crippen LogP contribution in [0.4, 0.5) is 0 Å². The van der Waals surface area contributed by atoms with Crippen molar-refractivity contribution < 1.29 is 9.00 Å². The third-order valence-electron chi connectivity index (χ3n) is 2.68. The van der Waals surface area contributed by atoms with Gasteiger partial charge in [0.15, 0.2) is 5.78 Å². The summed E-state index contributed by atoms with van der Waals surface area (Å²) < 4.78 is 12.9. The van der Waals surface area contributed by atoms with Crippen LogP contribution in [0.3, 0.4) is 0 Å². The second-order valence-electron chi connectivity index (χ2n) is 4.29. The molecule has 0 heterocycles. The molecule has 0 aromatic heterocycles. The summed E-state index contributed by atoms with van der Waals surface area (Å²) in [5.41, 5.74) is 1.48. The maximum Gasteiger partial charge on any atom is 0.175 e. The van der Waals surface area contributed by atoms with Gasteiger partial charge >= 0.3 is 0 Å². The lowest BCUT2D eigenvalue weighted by Gasteiger charge is -2.03. The SMILES string of the molecule is O=C(CS(=O)Cc1ccc(Cl)cc1)c1cccc(Br)c1. The van der Waals surface area contributed by atoms with Crippen LogP contribution in [0.15, 0.2) is 53.0 Å². The molecule has 2 rings (SSSR count). The van der Waals surface area contributed by atoms with Crippen LogP contribution < -0.4 is 0 Å². The molecule has 2 aromatic rings. The van der Waals surface area contributed by atoms with E-state index in [-0.39, 0.29) is 11.5 Å². The van der Waals surface area contributed by atoms with Crippen LogP contribution in [0.5, 0.6) is 0 Å². The summed E-state index contributed by atoms with van der Waals surface area (Å²) in [5.74, 6) is 0.273. The van der Waals surface area contributed by atoms with E-state index < -0.39 is 10.8 Å². The highest BCUT2D eigenvalue weighted by molar-refractivity contribution is 9.10. The van der Waals surface area contributed by atoms with Crippen molar-refractivity contribution in [3.8, 4) is 0 Å². The van der Waals surface area contributed by atoms with Crippen molar-refractivity contribution in [1.82, 2.24) is 0 Å². The third-order valence-corrected chi connectivity index (χ3v) is 4.66. The van der Waals surface area contributed by atoms with Crippen molar-refractivity contribution in [2.24, 2.45) is 0 Å². The van der Waals surface area contributed by atoms with E-state index in [1.54, 1.807) is 30.3 Å². The molecule has 0 N–H and O–H groups in total. The highest BCUT2D eigenvalue weighted by atomic mass is 79.9. The van der Waals surface area contributed by atoms with E-state index in [4.69, 9.17) is 11.6 Å². The molecule has 1 unspecified atom stereocenters. The van der Waals surface area contributed by atoms with Gasteiger partial charge in [-0.05, 0) is 29.8 Å². The van der Waals surface area contributed by atoms with E-state index in [2.05, 4.69) is 15.9 Å². The maximum atomic E-state index is 12.0. The minimum absolute atomic E-state index is 0.0269. The second kappa shape index (κ2) is 7.16. The van der Waals surface area contributed by atoms with Crippen molar-refractivity contribution in [2.45, 2.75) is 5.75 Å². The Hall–Kier alpha value is -0.970.